The van der Waals surface area contributed by atoms with Crippen LogP contribution in [0.15, 0.2) is 0 Å². The number of rotatable bonds is 6. The predicted molar refractivity (Wildman–Crippen MR) is 70.5 cm³/mol. The van der Waals surface area contributed by atoms with E-state index in [1.807, 2.05) is 0 Å². The van der Waals surface area contributed by atoms with Gasteiger partial charge in [0.1, 0.15) is 20.2 Å². The Hall–Kier alpha value is -0.821. The van der Waals surface area contributed by atoms with Crippen molar-refractivity contribution in [2.45, 2.75) is 13.8 Å². The van der Waals surface area contributed by atoms with Gasteiger partial charge in [0, 0.05) is 13.8 Å². The van der Waals surface area contributed by atoms with E-state index in [0.717, 1.165) is 13.8 Å². The predicted octanol–water partition coefficient (Wildman–Crippen LogP) is -3.24. The van der Waals surface area contributed by atoms with Crippen LogP contribution in [0.5, 0.6) is 0 Å². The van der Waals surface area contributed by atoms with Crippen molar-refractivity contribution < 1.29 is 77.8 Å². The summed E-state index contributed by atoms with van der Waals surface area (Å²) in [6, 6.07) is 0. The topological polar surface area (TPSA) is 235 Å². The molecule has 0 aliphatic rings. The second-order valence-electron chi connectivity index (χ2n) is 3.62. The molecule has 0 saturated heterocycles. The average Bonchev–Trinajstić information content (AvgIpc) is 2.02. The van der Waals surface area contributed by atoms with Crippen LogP contribution >= 0.6 is 0 Å². The molecule has 0 amide bonds. The van der Waals surface area contributed by atoms with Gasteiger partial charge in [0.2, 0.25) is 0 Å². The molecule has 0 bridgehead atoms. The summed E-state index contributed by atoms with van der Waals surface area (Å²) in [6.45, 7) is 1.55. The minimum Gasteiger partial charge on any atom is -0.747 e. The first-order chi connectivity index (χ1) is 10.2. The van der Waals surface area contributed by atoms with Crippen LogP contribution < -0.4 is 0 Å². The molecule has 25 heavy (non-hydrogen) atoms. The summed E-state index contributed by atoms with van der Waals surface area (Å²) in [7, 11) is -19.1. The Kier molecular flexibility index (Phi) is 12.0. The molecule has 0 heterocycles. The summed E-state index contributed by atoms with van der Waals surface area (Å²) in [5, 5.41) is -3.47. The van der Waals surface area contributed by atoms with Crippen molar-refractivity contribution >= 4 is 52.4 Å². The van der Waals surface area contributed by atoms with E-state index in [2.05, 4.69) is 8.37 Å². The van der Waals surface area contributed by atoms with Crippen molar-refractivity contribution in [2.75, 3.05) is 10.2 Å². The molecule has 0 spiro atoms. The standard InChI is InChI=1S/2C3H6O7S2.Mn/c2*1-3(4)10-12(8,9)2-11(5,6)7;/h2*2H2,1H3,(H,5,6,7);/q;;+2/p-2. The van der Waals surface area contributed by atoms with E-state index in [1.54, 1.807) is 0 Å². The minimum atomic E-state index is -4.94. The Bertz CT molecular complexity index is 801. The monoisotopic (exact) mass is 489 g/mol. The maximum atomic E-state index is 10.4. The van der Waals surface area contributed by atoms with Crippen LogP contribution in [-0.2, 0) is 75.5 Å². The summed E-state index contributed by atoms with van der Waals surface area (Å²) < 4.78 is 108. The molecule has 0 aromatic rings. The van der Waals surface area contributed by atoms with Crippen LogP contribution in [0, 0.1) is 0 Å². The van der Waals surface area contributed by atoms with Gasteiger partial charge in [-0.2, -0.15) is 16.8 Å². The van der Waals surface area contributed by atoms with Gasteiger partial charge in [-0.25, -0.2) is 16.8 Å². The first-order valence-electron chi connectivity index (χ1n) is 4.97. The summed E-state index contributed by atoms with van der Waals surface area (Å²) >= 11 is 0. The van der Waals surface area contributed by atoms with Crippen molar-refractivity contribution in [3.63, 3.8) is 0 Å². The fourth-order valence-corrected chi connectivity index (χ4v) is 4.69. The Morgan fingerprint density at radius 2 is 0.880 bits per heavy atom. The van der Waals surface area contributed by atoms with Crippen LogP contribution in [0.3, 0.4) is 0 Å². The largest absolute Gasteiger partial charge is 2.00 e. The van der Waals surface area contributed by atoms with Crippen molar-refractivity contribution in [3.05, 3.63) is 0 Å². The first kappa shape index (κ1) is 29.0. The molecule has 0 aliphatic carbocycles. The second kappa shape index (κ2) is 10.4. The normalized spacial score (nSPS) is 12.0. The van der Waals surface area contributed by atoms with Gasteiger partial charge in [0.05, 0.1) is 0 Å². The number of carbonyl (C=O) groups is 2. The molecule has 0 aromatic heterocycles. The van der Waals surface area contributed by atoms with E-state index in [9.17, 15) is 52.4 Å². The quantitative estimate of drug-likeness (QED) is 0.202. The van der Waals surface area contributed by atoms with Crippen LogP contribution in [0.25, 0.3) is 0 Å². The fraction of sp³-hybridized carbons (Fsp3) is 0.667. The van der Waals surface area contributed by atoms with Crippen molar-refractivity contribution in [3.8, 4) is 0 Å². The van der Waals surface area contributed by atoms with Crippen molar-refractivity contribution in [1.29, 1.82) is 0 Å². The van der Waals surface area contributed by atoms with Crippen molar-refractivity contribution in [1.82, 2.24) is 0 Å². The van der Waals surface area contributed by atoms with E-state index in [1.165, 1.54) is 0 Å². The van der Waals surface area contributed by atoms with Gasteiger partial charge >= 0.3 is 49.2 Å². The van der Waals surface area contributed by atoms with Gasteiger partial charge < -0.3 is 17.5 Å². The molecule has 0 aromatic carbocycles. The molecular formula is C6H10MnO14S4. The first-order valence-corrected chi connectivity index (χ1v) is 11.3. The Morgan fingerprint density at radius 3 is 1.00 bits per heavy atom. The molecule has 0 N–H and O–H groups in total. The van der Waals surface area contributed by atoms with E-state index >= 15 is 0 Å². The summed E-state index contributed by atoms with van der Waals surface area (Å²) in [4.78, 5) is 20.1. The maximum absolute atomic E-state index is 10.4. The Balaban J connectivity index is -0.000000372. The summed E-state index contributed by atoms with van der Waals surface area (Å²) in [6.07, 6.45) is 0. The number of carbonyl (C=O) groups excluding carboxylic acids is 2. The molecule has 19 heteroatoms. The van der Waals surface area contributed by atoms with Gasteiger partial charge in [-0.3, -0.25) is 9.59 Å². The van der Waals surface area contributed by atoms with Crippen LogP contribution in [0.2, 0.25) is 0 Å². The van der Waals surface area contributed by atoms with E-state index in [4.69, 9.17) is 0 Å². The molecule has 0 fully saturated rings. The van der Waals surface area contributed by atoms with E-state index in [0.29, 0.717) is 0 Å². The minimum absolute atomic E-state index is 0. The van der Waals surface area contributed by atoms with E-state index in [-0.39, 0.29) is 17.1 Å². The average molecular weight is 489 g/mol. The zero-order valence-corrected chi connectivity index (χ0v) is 16.6. The number of hydrogen-bond donors (Lipinski definition) is 0. The third-order valence-corrected chi connectivity index (χ3v) is 6.66. The Morgan fingerprint density at radius 1 is 0.680 bits per heavy atom. The molecular weight excluding hydrogens is 479 g/mol. The zero-order chi connectivity index (χ0) is 20.0. The zero-order valence-electron chi connectivity index (χ0n) is 12.1. The van der Waals surface area contributed by atoms with Gasteiger partial charge in [0.25, 0.3) is 0 Å². The molecule has 0 atom stereocenters. The molecule has 0 unspecified atom stereocenters. The van der Waals surface area contributed by atoms with Crippen LogP contribution in [0.1, 0.15) is 13.8 Å². The van der Waals surface area contributed by atoms with E-state index < -0.39 is 62.6 Å². The fourth-order valence-electron chi connectivity index (χ4n) is 0.759. The summed E-state index contributed by atoms with van der Waals surface area (Å²) in [5.41, 5.74) is 0. The summed E-state index contributed by atoms with van der Waals surface area (Å²) in [5.74, 6) is -2.39. The third-order valence-electron chi connectivity index (χ3n) is 1.07. The van der Waals surface area contributed by atoms with Crippen LogP contribution in [-0.4, -0.2) is 64.9 Å². The van der Waals surface area contributed by atoms with Crippen LogP contribution in [0.4, 0.5) is 0 Å². The van der Waals surface area contributed by atoms with Crippen molar-refractivity contribution in [2.24, 2.45) is 0 Å². The van der Waals surface area contributed by atoms with Gasteiger partial charge in [-0.05, 0) is 0 Å². The smallest absolute Gasteiger partial charge is 0.747 e. The second-order valence-corrected chi connectivity index (χ2v) is 10.3. The molecule has 1 radical (unpaired) electrons. The molecule has 0 aliphatic heterocycles. The van der Waals surface area contributed by atoms with Gasteiger partial charge in [0.15, 0.2) is 10.2 Å². The SMILES string of the molecule is CC(=O)OS(=O)(=O)CS(=O)(=O)[O-].CC(=O)OS(=O)(=O)CS(=O)(=O)[O-].[Mn+2]. The maximum Gasteiger partial charge on any atom is 2.00 e. The molecule has 0 saturated carbocycles. The van der Waals surface area contributed by atoms with Gasteiger partial charge in [-0.1, -0.05) is 0 Å². The molecule has 14 nitrogen and oxygen atoms in total. The van der Waals surface area contributed by atoms with Gasteiger partial charge in [-0.15, -0.1) is 0 Å². The molecule has 149 valence electrons. The number of hydrogen-bond acceptors (Lipinski definition) is 14. The third kappa shape index (κ3) is 23.2. The molecule has 0 rings (SSSR count). The Labute approximate surface area is 154 Å².